The topological polar surface area (TPSA) is 26.0 Å². The van der Waals surface area contributed by atoms with Gasteiger partial charge in [0, 0.05) is 16.6 Å². The van der Waals surface area contributed by atoms with Gasteiger partial charge in [-0.3, -0.25) is 0 Å². The minimum atomic E-state index is -4.49. The highest BCUT2D eigenvalue weighted by atomic mass is 35.5. The largest absolute Gasteiger partial charge is 0.390 e. The van der Waals surface area contributed by atoms with E-state index in [4.69, 9.17) is 28.9 Å². The first-order valence-corrected chi connectivity index (χ1v) is 4.93. The van der Waals surface area contributed by atoms with Gasteiger partial charge in [0.25, 0.3) is 0 Å². The van der Waals surface area contributed by atoms with Crippen molar-refractivity contribution in [2.75, 3.05) is 0 Å². The van der Waals surface area contributed by atoms with Crippen molar-refractivity contribution in [2.45, 2.75) is 18.6 Å². The monoisotopic (exact) mass is 275 g/mol. The standard InChI is InChI=1S/C9H7Cl2F4N/c10-4-1-2-5(11)8(12)7(4)6(16)3-9(13,14)15/h1-2,6H,3,16H2/t6-/m1/s1. The zero-order valence-corrected chi connectivity index (χ0v) is 9.30. The first-order chi connectivity index (χ1) is 7.22. The highest BCUT2D eigenvalue weighted by Gasteiger charge is 2.33. The van der Waals surface area contributed by atoms with Gasteiger partial charge in [-0.25, -0.2) is 4.39 Å². The van der Waals surface area contributed by atoms with Gasteiger partial charge in [0.1, 0.15) is 5.82 Å². The number of hydrogen-bond donors (Lipinski definition) is 1. The van der Waals surface area contributed by atoms with Crippen LogP contribution in [0.15, 0.2) is 12.1 Å². The molecule has 0 aromatic heterocycles. The number of hydrogen-bond acceptors (Lipinski definition) is 1. The summed E-state index contributed by atoms with van der Waals surface area (Å²) in [5.41, 5.74) is 4.84. The number of nitrogens with two attached hydrogens (primary N) is 1. The van der Waals surface area contributed by atoms with Crippen LogP contribution in [0.2, 0.25) is 10.0 Å². The molecule has 0 heterocycles. The van der Waals surface area contributed by atoms with Crippen molar-refractivity contribution in [1.29, 1.82) is 0 Å². The maximum Gasteiger partial charge on any atom is 0.390 e. The first kappa shape index (κ1) is 13.5. The molecule has 0 fully saturated rings. The van der Waals surface area contributed by atoms with E-state index in [2.05, 4.69) is 0 Å². The molecule has 16 heavy (non-hydrogen) atoms. The van der Waals surface area contributed by atoms with Crippen molar-refractivity contribution in [3.63, 3.8) is 0 Å². The number of benzene rings is 1. The van der Waals surface area contributed by atoms with E-state index >= 15 is 0 Å². The Labute approximate surface area is 99.1 Å². The van der Waals surface area contributed by atoms with E-state index in [1.807, 2.05) is 0 Å². The van der Waals surface area contributed by atoms with Gasteiger partial charge in [-0.15, -0.1) is 0 Å². The zero-order chi connectivity index (χ0) is 12.5. The van der Waals surface area contributed by atoms with E-state index in [0.717, 1.165) is 6.07 Å². The van der Waals surface area contributed by atoms with Gasteiger partial charge in [0.2, 0.25) is 0 Å². The minimum absolute atomic E-state index is 0.168. The molecular formula is C9H7Cl2F4N. The summed E-state index contributed by atoms with van der Waals surface area (Å²) in [5, 5.41) is -0.476. The summed E-state index contributed by atoms with van der Waals surface area (Å²) in [7, 11) is 0. The Morgan fingerprint density at radius 2 is 1.69 bits per heavy atom. The molecule has 0 saturated carbocycles. The Balaban J connectivity index is 3.08. The second-order valence-electron chi connectivity index (χ2n) is 3.18. The molecule has 1 rings (SSSR count). The molecule has 0 bridgehead atoms. The van der Waals surface area contributed by atoms with Crippen LogP contribution in [0.3, 0.4) is 0 Å². The minimum Gasteiger partial charge on any atom is -0.324 e. The predicted molar refractivity (Wildman–Crippen MR) is 54.0 cm³/mol. The molecule has 0 spiro atoms. The lowest BCUT2D eigenvalue weighted by atomic mass is 10.0. The molecule has 1 nitrogen and oxygen atoms in total. The Hall–Kier alpha value is -0.520. The van der Waals surface area contributed by atoms with Gasteiger partial charge in [0.15, 0.2) is 0 Å². The van der Waals surface area contributed by atoms with Crippen LogP contribution in [-0.4, -0.2) is 6.18 Å². The summed E-state index contributed by atoms with van der Waals surface area (Å²) < 4.78 is 49.7. The van der Waals surface area contributed by atoms with Crippen molar-refractivity contribution in [3.8, 4) is 0 Å². The summed E-state index contributed by atoms with van der Waals surface area (Å²) >= 11 is 11.0. The third-order valence-corrected chi connectivity index (χ3v) is 2.52. The van der Waals surface area contributed by atoms with Gasteiger partial charge >= 0.3 is 6.18 Å². The van der Waals surface area contributed by atoms with E-state index in [-0.39, 0.29) is 10.0 Å². The summed E-state index contributed by atoms with van der Waals surface area (Å²) in [6.45, 7) is 0. The third-order valence-electron chi connectivity index (χ3n) is 1.90. The van der Waals surface area contributed by atoms with E-state index < -0.39 is 30.0 Å². The van der Waals surface area contributed by atoms with Crippen molar-refractivity contribution in [2.24, 2.45) is 5.73 Å². The van der Waals surface area contributed by atoms with Crippen LogP contribution in [0.5, 0.6) is 0 Å². The number of halogens is 6. The second kappa shape index (κ2) is 4.77. The van der Waals surface area contributed by atoms with Crippen LogP contribution >= 0.6 is 23.2 Å². The van der Waals surface area contributed by atoms with Crippen LogP contribution in [0, 0.1) is 5.82 Å². The van der Waals surface area contributed by atoms with Gasteiger partial charge in [-0.1, -0.05) is 23.2 Å². The molecule has 0 radical (unpaired) electrons. The molecule has 0 aliphatic carbocycles. The molecular weight excluding hydrogens is 269 g/mol. The molecule has 0 aliphatic heterocycles. The van der Waals surface area contributed by atoms with Crippen LogP contribution < -0.4 is 5.73 Å². The van der Waals surface area contributed by atoms with E-state index in [1.165, 1.54) is 6.07 Å². The molecule has 1 aromatic rings. The van der Waals surface area contributed by atoms with Crippen LogP contribution in [0.25, 0.3) is 0 Å². The lowest BCUT2D eigenvalue weighted by Crippen LogP contribution is -2.21. The highest BCUT2D eigenvalue weighted by molar-refractivity contribution is 6.33. The van der Waals surface area contributed by atoms with E-state index in [0.29, 0.717) is 0 Å². The van der Waals surface area contributed by atoms with Crippen LogP contribution in [0.1, 0.15) is 18.0 Å². The van der Waals surface area contributed by atoms with Gasteiger partial charge in [-0.05, 0) is 12.1 Å². The van der Waals surface area contributed by atoms with E-state index in [9.17, 15) is 17.6 Å². The highest BCUT2D eigenvalue weighted by Crippen LogP contribution is 2.35. The number of alkyl halides is 3. The summed E-state index contributed by atoms with van der Waals surface area (Å²) in [5.74, 6) is -1.01. The van der Waals surface area contributed by atoms with Crippen molar-refractivity contribution < 1.29 is 17.6 Å². The van der Waals surface area contributed by atoms with Crippen molar-refractivity contribution in [1.82, 2.24) is 0 Å². The van der Waals surface area contributed by atoms with Crippen LogP contribution in [-0.2, 0) is 0 Å². The Morgan fingerprint density at radius 3 is 2.19 bits per heavy atom. The lowest BCUT2D eigenvalue weighted by molar-refractivity contribution is -0.138. The molecule has 1 aromatic carbocycles. The normalized spacial score (nSPS) is 13.9. The third kappa shape index (κ3) is 3.23. The Kier molecular flexibility index (Phi) is 4.04. The number of rotatable bonds is 2. The quantitative estimate of drug-likeness (QED) is 0.639. The molecule has 90 valence electrons. The molecule has 7 heteroatoms. The molecule has 0 amide bonds. The fourth-order valence-electron chi connectivity index (χ4n) is 1.23. The average molecular weight is 276 g/mol. The van der Waals surface area contributed by atoms with Gasteiger partial charge < -0.3 is 5.73 Å². The van der Waals surface area contributed by atoms with Gasteiger partial charge in [0.05, 0.1) is 11.4 Å². The fraction of sp³-hybridized carbons (Fsp3) is 0.333. The average Bonchev–Trinajstić information content (AvgIpc) is 2.09. The predicted octanol–water partition coefficient (Wildman–Crippen LogP) is 4.08. The van der Waals surface area contributed by atoms with Crippen molar-refractivity contribution in [3.05, 3.63) is 33.6 Å². The molecule has 1 atom stereocenters. The smallest absolute Gasteiger partial charge is 0.324 e. The second-order valence-corrected chi connectivity index (χ2v) is 4.00. The lowest BCUT2D eigenvalue weighted by Gasteiger charge is -2.16. The summed E-state index contributed by atoms with van der Waals surface area (Å²) in [6, 6.07) is 0.799. The summed E-state index contributed by atoms with van der Waals surface area (Å²) in [6.07, 6.45) is -5.85. The Morgan fingerprint density at radius 1 is 1.19 bits per heavy atom. The molecule has 0 saturated heterocycles. The van der Waals surface area contributed by atoms with E-state index in [1.54, 1.807) is 0 Å². The summed E-state index contributed by atoms with van der Waals surface area (Å²) in [4.78, 5) is 0. The zero-order valence-electron chi connectivity index (χ0n) is 7.78. The first-order valence-electron chi connectivity index (χ1n) is 4.18. The maximum absolute atomic E-state index is 13.4. The fourth-order valence-corrected chi connectivity index (χ4v) is 1.68. The maximum atomic E-state index is 13.4. The SMILES string of the molecule is N[C@H](CC(F)(F)F)c1c(Cl)ccc(Cl)c1F. The molecule has 2 N–H and O–H groups in total. The molecule has 0 unspecified atom stereocenters. The van der Waals surface area contributed by atoms with Crippen molar-refractivity contribution >= 4 is 23.2 Å². The van der Waals surface area contributed by atoms with Gasteiger partial charge in [-0.2, -0.15) is 13.2 Å². The van der Waals surface area contributed by atoms with Crippen LogP contribution in [0.4, 0.5) is 17.6 Å². The molecule has 0 aliphatic rings. The Bertz CT molecular complexity index is 392.